The van der Waals surface area contributed by atoms with Crippen LogP contribution in [0.4, 0.5) is 0 Å². The van der Waals surface area contributed by atoms with Crippen LogP contribution < -0.4 is 10.6 Å². The van der Waals surface area contributed by atoms with Crippen molar-refractivity contribution in [2.45, 2.75) is 12.5 Å². The highest BCUT2D eigenvalue weighted by Crippen LogP contribution is 1.94. The van der Waals surface area contributed by atoms with Crippen LogP contribution in [0.5, 0.6) is 0 Å². The third kappa shape index (κ3) is 3.70. The van der Waals surface area contributed by atoms with Crippen LogP contribution in [0.1, 0.15) is 6.42 Å². The van der Waals surface area contributed by atoms with E-state index in [0.717, 1.165) is 19.6 Å². The molecule has 1 rings (SSSR count). The average Bonchev–Trinajstić information content (AvgIpc) is 2.03. The zero-order valence-electron chi connectivity index (χ0n) is 7.56. The van der Waals surface area contributed by atoms with Crippen LogP contribution in [0.3, 0.4) is 0 Å². The van der Waals surface area contributed by atoms with Crippen molar-refractivity contribution in [2.24, 2.45) is 0 Å². The van der Waals surface area contributed by atoms with E-state index in [0.29, 0.717) is 6.04 Å². The van der Waals surface area contributed by atoms with E-state index in [1.54, 1.807) is 0 Å². The summed E-state index contributed by atoms with van der Waals surface area (Å²) in [6, 6.07) is 0.686. The molecule has 2 N–H and O–H groups in total. The van der Waals surface area contributed by atoms with Gasteiger partial charge in [-0.3, -0.25) is 0 Å². The molecule has 0 radical (unpaired) electrons. The molecule has 1 aliphatic heterocycles. The molecule has 3 nitrogen and oxygen atoms in total. The average molecular weight is 157 g/mol. The SMILES string of the molecule is CN(C)CCC1CNCCN1. The number of hydrogen-bond donors (Lipinski definition) is 2. The molecule has 3 heteroatoms. The molecule has 0 amide bonds. The molecule has 0 aromatic rings. The summed E-state index contributed by atoms with van der Waals surface area (Å²) in [6.07, 6.45) is 1.25. The first kappa shape index (κ1) is 8.97. The Morgan fingerprint density at radius 1 is 1.36 bits per heavy atom. The lowest BCUT2D eigenvalue weighted by molar-refractivity contribution is 0.332. The van der Waals surface area contributed by atoms with E-state index in [1.807, 2.05) is 0 Å². The van der Waals surface area contributed by atoms with Gasteiger partial charge in [0.15, 0.2) is 0 Å². The Morgan fingerprint density at radius 2 is 2.18 bits per heavy atom. The Kier molecular flexibility index (Phi) is 3.83. The van der Waals surface area contributed by atoms with Crippen molar-refractivity contribution in [1.29, 1.82) is 0 Å². The summed E-state index contributed by atoms with van der Waals surface area (Å²) in [7, 11) is 4.24. The van der Waals surface area contributed by atoms with Crippen molar-refractivity contribution in [2.75, 3.05) is 40.3 Å². The summed E-state index contributed by atoms with van der Waals surface area (Å²) in [6.45, 7) is 4.56. The molecule has 66 valence electrons. The van der Waals surface area contributed by atoms with Crippen LogP contribution in [0.15, 0.2) is 0 Å². The second kappa shape index (κ2) is 4.70. The molecule has 1 saturated heterocycles. The highest BCUT2D eigenvalue weighted by Gasteiger charge is 2.10. The van der Waals surface area contributed by atoms with Crippen LogP contribution in [-0.4, -0.2) is 51.2 Å². The van der Waals surface area contributed by atoms with Crippen molar-refractivity contribution in [3.05, 3.63) is 0 Å². The Morgan fingerprint density at radius 3 is 2.73 bits per heavy atom. The van der Waals surface area contributed by atoms with E-state index in [4.69, 9.17) is 0 Å². The molecule has 0 saturated carbocycles. The van der Waals surface area contributed by atoms with Gasteiger partial charge in [-0.15, -0.1) is 0 Å². The second-order valence-corrected chi connectivity index (χ2v) is 3.45. The lowest BCUT2D eigenvalue weighted by atomic mass is 10.1. The molecule has 0 aliphatic carbocycles. The number of piperazine rings is 1. The molecular formula is C8H19N3. The van der Waals surface area contributed by atoms with Gasteiger partial charge >= 0.3 is 0 Å². The minimum absolute atomic E-state index is 0.686. The van der Waals surface area contributed by atoms with E-state index in [-0.39, 0.29) is 0 Å². The molecule has 1 aliphatic rings. The first-order valence-corrected chi connectivity index (χ1v) is 4.38. The Balaban J connectivity index is 2.05. The van der Waals surface area contributed by atoms with Gasteiger partial charge in [0.2, 0.25) is 0 Å². The fourth-order valence-corrected chi connectivity index (χ4v) is 1.33. The Bertz CT molecular complexity index is 97.5. The number of rotatable bonds is 3. The van der Waals surface area contributed by atoms with Crippen molar-refractivity contribution >= 4 is 0 Å². The summed E-state index contributed by atoms with van der Waals surface area (Å²) < 4.78 is 0. The van der Waals surface area contributed by atoms with Crippen LogP contribution in [0, 0.1) is 0 Å². The monoisotopic (exact) mass is 157 g/mol. The van der Waals surface area contributed by atoms with Gasteiger partial charge in [0.1, 0.15) is 0 Å². The number of hydrogen-bond acceptors (Lipinski definition) is 3. The largest absolute Gasteiger partial charge is 0.314 e. The van der Waals surface area contributed by atoms with Gasteiger partial charge in [-0.1, -0.05) is 0 Å². The van der Waals surface area contributed by atoms with Gasteiger partial charge in [-0.05, 0) is 27.1 Å². The highest BCUT2D eigenvalue weighted by molar-refractivity contribution is 4.75. The topological polar surface area (TPSA) is 27.3 Å². The lowest BCUT2D eigenvalue weighted by Crippen LogP contribution is -2.49. The first-order valence-electron chi connectivity index (χ1n) is 4.38. The number of nitrogens with one attached hydrogen (secondary N) is 2. The van der Waals surface area contributed by atoms with Gasteiger partial charge in [0.05, 0.1) is 0 Å². The molecule has 1 heterocycles. The van der Waals surface area contributed by atoms with Crippen LogP contribution in [-0.2, 0) is 0 Å². The molecule has 0 spiro atoms. The minimum atomic E-state index is 0.686. The van der Waals surface area contributed by atoms with Gasteiger partial charge < -0.3 is 15.5 Å². The second-order valence-electron chi connectivity index (χ2n) is 3.45. The van der Waals surface area contributed by atoms with Crippen LogP contribution >= 0.6 is 0 Å². The van der Waals surface area contributed by atoms with E-state index in [9.17, 15) is 0 Å². The van der Waals surface area contributed by atoms with Crippen molar-refractivity contribution in [3.8, 4) is 0 Å². The fourth-order valence-electron chi connectivity index (χ4n) is 1.33. The van der Waals surface area contributed by atoms with E-state index in [1.165, 1.54) is 13.0 Å². The maximum Gasteiger partial charge on any atom is 0.0205 e. The molecule has 1 unspecified atom stereocenters. The normalized spacial score (nSPS) is 25.9. The molecule has 0 aromatic carbocycles. The third-order valence-corrected chi connectivity index (χ3v) is 2.05. The predicted octanol–water partition coefficient (Wildman–Crippen LogP) is -0.500. The maximum absolute atomic E-state index is 3.49. The summed E-state index contributed by atoms with van der Waals surface area (Å²) in [5.74, 6) is 0. The summed E-state index contributed by atoms with van der Waals surface area (Å²) in [4.78, 5) is 2.23. The molecule has 0 aromatic heterocycles. The zero-order valence-corrected chi connectivity index (χ0v) is 7.56. The zero-order chi connectivity index (χ0) is 8.10. The van der Waals surface area contributed by atoms with E-state index >= 15 is 0 Å². The van der Waals surface area contributed by atoms with Gasteiger partial charge in [0, 0.05) is 25.7 Å². The molecule has 1 atom stereocenters. The smallest absolute Gasteiger partial charge is 0.0205 e. The summed E-state index contributed by atoms with van der Waals surface area (Å²) in [5.41, 5.74) is 0. The highest BCUT2D eigenvalue weighted by atomic mass is 15.1. The lowest BCUT2D eigenvalue weighted by Gasteiger charge is -2.25. The third-order valence-electron chi connectivity index (χ3n) is 2.05. The molecular weight excluding hydrogens is 138 g/mol. The Labute approximate surface area is 69.1 Å². The van der Waals surface area contributed by atoms with Gasteiger partial charge in [-0.2, -0.15) is 0 Å². The fraction of sp³-hybridized carbons (Fsp3) is 1.00. The van der Waals surface area contributed by atoms with Gasteiger partial charge in [-0.25, -0.2) is 0 Å². The Hall–Kier alpha value is -0.120. The summed E-state index contributed by atoms with van der Waals surface area (Å²) in [5, 5.41) is 6.86. The summed E-state index contributed by atoms with van der Waals surface area (Å²) >= 11 is 0. The quantitative estimate of drug-likeness (QED) is 0.578. The number of nitrogens with zero attached hydrogens (tertiary/aromatic N) is 1. The van der Waals surface area contributed by atoms with Crippen molar-refractivity contribution < 1.29 is 0 Å². The predicted molar refractivity (Wildman–Crippen MR) is 47.8 cm³/mol. The van der Waals surface area contributed by atoms with Crippen LogP contribution in [0.2, 0.25) is 0 Å². The first-order chi connectivity index (χ1) is 5.29. The van der Waals surface area contributed by atoms with Crippen LogP contribution in [0.25, 0.3) is 0 Å². The van der Waals surface area contributed by atoms with Crippen molar-refractivity contribution in [3.63, 3.8) is 0 Å². The van der Waals surface area contributed by atoms with Crippen molar-refractivity contribution in [1.82, 2.24) is 15.5 Å². The van der Waals surface area contributed by atoms with E-state index in [2.05, 4.69) is 29.6 Å². The van der Waals surface area contributed by atoms with E-state index < -0.39 is 0 Å². The standard InChI is InChI=1S/C8H19N3/c1-11(2)6-3-8-7-9-4-5-10-8/h8-10H,3-7H2,1-2H3. The van der Waals surface area contributed by atoms with Gasteiger partial charge in [0.25, 0.3) is 0 Å². The maximum atomic E-state index is 3.49. The minimum Gasteiger partial charge on any atom is -0.314 e. The molecule has 0 bridgehead atoms. The molecule has 11 heavy (non-hydrogen) atoms. The molecule has 1 fully saturated rings.